The molecule has 2 aromatic rings. The molecule has 0 saturated carbocycles. The molecular formula is C19H22O3. The van der Waals surface area contributed by atoms with Crippen LogP contribution in [0.4, 0.5) is 0 Å². The molecule has 0 bridgehead atoms. The Morgan fingerprint density at radius 1 is 1.00 bits per heavy atom. The van der Waals surface area contributed by atoms with Crippen molar-refractivity contribution >= 4 is 5.97 Å². The SMILES string of the molecule is COc1ccc(C(C)(C)c2ccc(OC(C)=O)c(C)c2)cc1. The van der Waals surface area contributed by atoms with Crippen molar-refractivity contribution in [1.82, 2.24) is 0 Å². The smallest absolute Gasteiger partial charge is 0.308 e. The topological polar surface area (TPSA) is 35.5 Å². The lowest BCUT2D eigenvalue weighted by Crippen LogP contribution is -2.19. The number of rotatable bonds is 4. The standard InChI is InChI=1S/C19H22O3/c1-13-12-16(8-11-18(13)22-14(2)20)19(3,4)15-6-9-17(21-5)10-7-15/h6-12H,1-5H3. The number of benzene rings is 2. The normalized spacial score (nSPS) is 11.1. The fourth-order valence-electron chi connectivity index (χ4n) is 2.48. The summed E-state index contributed by atoms with van der Waals surface area (Å²) in [4.78, 5) is 11.1. The van der Waals surface area contributed by atoms with Crippen molar-refractivity contribution in [3.8, 4) is 11.5 Å². The van der Waals surface area contributed by atoms with Crippen LogP contribution in [0.5, 0.6) is 11.5 Å². The van der Waals surface area contributed by atoms with Crippen molar-refractivity contribution in [3.05, 3.63) is 59.2 Å². The molecule has 0 N–H and O–H groups in total. The molecule has 3 nitrogen and oxygen atoms in total. The summed E-state index contributed by atoms with van der Waals surface area (Å²) < 4.78 is 10.4. The van der Waals surface area contributed by atoms with Gasteiger partial charge in [0.25, 0.3) is 0 Å². The predicted octanol–water partition coefficient (Wildman–Crippen LogP) is 4.25. The monoisotopic (exact) mass is 298 g/mol. The van der Waals surface area contributed by atoms with E-state index in [-0.39, 0.29) is 11.4 Å². The van der Waals surface area contributed by atoms with Crippen LogP contribution in [0.3, 0.4) is 0 Å². The summed E-state index contributed by atoms with van der Waals surface area (Å²) in [5.74, 6) is 1.16. The zero-order valence-corrected chi connectivity index (χ0v) is 13.8. The highest BCUT2D eigenvalue weighted by Gasteiger charge is 2.24. The van der Waals surface area contributed by atoms with Gasteiger partial charge in [0.05, 0.1) is 7.11 Å². The number of esters is 1. The summed E-state index contributed by atoms with van der Waals surface area (Å²) in [6.07, 6.45) is 0. The van der Waals surface area contributed by atoms with Crippen LogP contribution in [0.15, 0.2) is 42.5 Å². The molecule has 22 heavy (non-hydrogen) atoms. The Kier molecular flexibility index (Phi) is 4.55. The number of ether oxygens (including phenoxy) is 2. The maximum atomic E-state index is 11.1. The van der Waals surface area contributed by atoms with E-state index in [1.807, 2.05) is 31.2 Å². The van der Waals surface area contributed by atoms with Crippen LogP contribution < -0.4 is 9.47 Å². The van der Waals surface area contributed by atoms with E-state index in [0.717, 1.165) is 11.3 Å². The van der Waals surface area contributed by atoms with Crippen molar-refractivity contribution in [3.63, 3.8) is 0 Å². The van der Waals surface area contributed by atoms with E-state index in [0.29, 0.717) is 5.75 Å². The highest BCUT2D eigenvalue weighted by Crippen LogP contribution is 2.34. The minimum Gasteiger partial charge on any atom is -0.497 e. The van der Waals surface area contributed by atoms with Crippen LogP contribution in [-0.2, 0) is 10.2 Å². The Labute approximate surface area is 131 Å². The number of carbonyl (C=O) groups is 1. The molecule has 0 saturated heterocycles. The number of carbonyl (C=O) groups excluding carboxylic acids is 1. The Bertz CT molecular complexity index is 670. The second-order valence-corrected chi connectivity index (χ2v) is 5.93. The van der Waals surface area contributed by atoms with Gasteiger partial charge in [-0.2, -0.15) is 0 Å². The van der Waals surface area contributed by atoms with E-state index in [4.69, 9.17) is 9.47 Å². The van der Waals surface area contributed by atoms with E-state index < -0.39 is 0 Å². The molecule has 0 spiro atoms. The molecule has 0 heterocycles. The van der Waals surface area contributed by atoms with E-state index in [2.05, 4.69) is 32.0 Å². The predicted molar refractivity (Wildman–Crippen MR) is 87.6 cm³/mol. The lowest BCUT2D eigenvalue weighted by molar-refractivity contribution is -0.131. The summed E-state index contributed by atoms with van der Waals surface area (Å²) in [5.41, 5.74) is 3.18. The molecule has 0 aromatic heterocycles. The van der Waals surface area contributed by atoms with E-state index in [1.165, 1.54) is 18.1 Å². The number of hydrogen-bond acceptors (Lipinski definition) is 3. The Hall–Kier alpha value is -2.29. The summed E-state index contributed by atoms with van der Waals surface area (Å²) in [5, 5.41) is 0. The molecule has 2 aromatic carbocycles. The molecule has 0 aliphatic heterocycles. The molecule has 0 unspecified atom stereocenters. The van der Waals surface area contributed by atoms with Gasteiger partial charge in [-0.05, 0) is 41.8 Å². The Morgan fingerprint density at radius 3 is 2.09 bits per heavy atom. The first-order valence-corrected chi connectivity index (χ1v) is 7.28. The average Bonchev–Trinajstić information content (AvgIpc) is 2.49. The summed E-state index contributed by atoms with van der Waals surface area (Å²) in [7, 11) is 1.66. The average molecular weight is 298 g/mol. The molecule has 0 fully saturated rings. The van der Waals surface area contributed by atoms with Gasteiger partial charge in [0.15, 0.2) is 0 Å². The van der Waals surface area contributed by atoms with Crippen molar-refractivity contribution in [2.75, 3.05) is 7.11 Å². The van der Waals surface area contributed by atoms with Gasteiger partial charge in [0.2, 0.25) is 0 Å². The van der Waals surface area contributed by atoms with Gasteiger partial charge in [-0.25, -0.2) is 0 Å². The molecule has 2 rings (SSSR count). The van der Waals surface area contributed by atoms with Gasteiger partial charge in [-0.3, -0.25) is 4.79 Å². The van der Waals surface area contributed by atoms with Crippen molar-refractivity contribution in [2.45, 2.75) is 33.1 Å². The van der Waals surface area contributed by atoms with Gasteiger partial charge in [0.1, 0.15) is 11.5 Å². The number of hydrogen-bond donors (Lipinski definition) is 0. The first kappa shape index (κ1) is 16.1. The largest absolute Gasteiger partial charge is 0.497 e. The Morgan fingerprint density at radius 2 is 1.59 bits per heavy atom. The van der Waals surface area contributed by atoms with Crippen LogP contribution in [0.25, 0.3) is 0 Å². The third kappa shape index (κ3) is 3.30. The molecule has 3 heteroatoms. The highest BCUT2D eigenvalue weighted by atomic mass is 16.5. The maximum absolute atomic E-state index is 11.1. The van der Waals surface area contributed by atoms with Gasteiger partial charge in [-0.1, -0.05) is 38.1 Å². The van der Waals surface area contributed by atoms with Crippen LogP contribution in [-0.4, -0.2) is 13.1 Å². The second-order valence-electron chi connectivity index (χ2n) is 5.93. The van der Waals surface area contributed by atoms with E-state index in [9.17, 15) is 4.79 Å². The highest BCUT2D eigenvalue weighted by molar-refractivity contribution is 5.69. The molecular weight excluding hydrogens is 276 g/mol. The van der Waals surface area contributed by atoms with E-state index >= 15 is 0 Å². The van der Waals surface area contributed by atoms with Crippen LogP contribution in [0.1, 0.15) is 37.5 Å². The van der Waals surface area contributed by atoms with Crippen LogP contribution in [0.2, 0.25) is 0 Å². The third-order valence-electron chi connectivity index (χ3n) is 3.96. The molecule has 0 amide bonds. The first-order valence-electron chi connectivity index (χ1n) is 7.28. The van der Waals surface area contributed by atoms with Gasteiger partial charge in [0, 0.05) is 12.3 Å². The van der Waals surface area contributed by atoms with Crippen molar-refractivity contribution in [1.29, 1.82) is 0 Å². The molecule has 0 radical (unpaired) electrons. The lowest BCUT2D eigenvalue weighted by Gasteiger charge is -2.27. The van der Waals surface area contributed by atoms with Gasteiger partial charge >= 0.3 is 5.97 Å². The number of aryl methyl sites for hydroxylation is 1. The van der Waals surface area contributed by atoms with Crippen LogP contribution in [0, 0.1) is 6.92 Å². The summed E-state index contributed by atoms with van der Waals surface area (Å²) in [6.45, 7) is 7.71. The second kappa shape index (κ2) is 6.22. The zero-order valence-electron chi connectivity index (χ0n) is 13.8. The zero-order chi connectivity index (χ0) is 16.3. The molecule has 116 valence electrons. The van der Waals surface area contributed by atoms with Crippen molar-refractivity contribution in [2.24, 2.45) is 0 Å². The lowest BCUT2D eigenvalue weighted by atomic mass is 9.77. The van der Waals surface area contributed by atoms with Crippen molar-refractivity contribution < 1.29 is 14.3 Å². The molecule has 0 aliphatic carbocycles. The fraction of sp³-hybridized carbons (Fsp3) is 0.316. The Balaban J connectivity index is 2.35. The van der Waals surface area contributed by atoms with Crippen LogP contribution >= 0.6 is 0 Å². The molecule has 0 aliphatic rings. The minimum atomic E-state index is -0.301. The quantitative estimate of drug-likeness (QED) is 0.625. The van der Waals surface area contributed by atoms with Gasteiger partial charge in [-0.15, -0.1) is 0 Å². The molecule has 0 atom stereocenters. The van der Waals surface area contributed by atoms with E-state index in [1.54, 1.807) is 7.11 Å². The number of methoxy groups -OCH3 is 1. The van der Waals surface area contributed by atoms with Gasteiger partial charge < -0.3 is 9.47 Å². The first-order chi connectivity index (χ1) is 10.3. The fourth-order valence-corrected chi connectivity index (χ4v) is 2.48. The third-order valence-corrected chi connectivity index (χ3v) is 3.96. The minimum absolute atomic E-state index is 0.147. The summed E-state index contributed by atoms with van der Waals surface area (Å²) in [6, 6.07) is 14.0. The maximum Gasteiger partial charge on any atom is 0.308 e. The summed E-state index contributed by atoms with van der Waals surface area (Å²) >= 11 is 0.